The Bertz CT molecular complexity index is 1940. The summed E-state index contributed by atoms with van der Waals surface area (Å²) >= 11 is 6.65. The number of anilines is 2. The molecular formula is C36H40ClFN6O2S. The zero-order chi connectivity index (χ0) is 33.0. The lowest BCUT2D eigenvalue weighted by Gasteiger charge is -2.33. The molecule has 3 aromatic carbocycles. The third kappa shape index (κ3) is 8.68. The molecule has 0 bridgehead atoms. The zero-order valence-corrected chi connectivity index (χ0v) is 28.2. The van der Waals surface area contributed by atoms with Gasteiger partial charge in [0.05, 0.1) is 28.1 Å². The summed E-state index contributed by atoms with van der Waals surface area (Å²) in [5, 5.41) is 7.79. The molecule has 3 N–H and O–H groups in total. The summed E-state index contributed by atoms with van der Waals surface area (Å²) in [5.41, 5.74) is 4.63. The van der Waals surface area contributed by atoms with Crippen LogP contribution in [-0.4, -0.2) is 47.3 Å². The molecule has 1 saturated carbocycles. The number of imidazole rings is 1. The third-order valence-electron chi connectivity index (χ3n) is 8.61. The average Bonchev–Trinajstić information content (AvgIpc) is 3.43. The average molecular weight is 675 g/mol. The number of para-hydroxylation sites is 1. The standard InChI is InChI=1S/C36H40ClFN6O2S/c1-36(2,23-47(45,46)43-30-9-4-3-5-10-30)22-40-28-12-14-29(15-13-28)42-35-19-31(32(37)20-39-35)26-11-16-33-34(18-26)44(24-41-33)21-25-7-6-8-27(38)17-25/h3-11,16-20,24,28-29,40,43H,12-15,21-23H2,1-2H3,(H,39,42)/t28-,29-. The number of hydrogen-bond acceptors (Lipinski definition) is 6. The molecule has 0 atom stereocenters. The quantitative estimate of drug-likeness (QED) is 0.125. The minimum Gasteiger partial charge on any atom is -0.367 e. The SMILES string of the molecule is CC(C)(CN[C@H]1CC[C@H](Nc2cc(-c3ccc4ncn(Cc5cccc(F)c5)c4c3)c(Cl)cn2)CC1)CS(=O)(=O)Nc1ccccc1. The van der Waals surface area contributed by atoms with Gasteiger partial charge in [0.1, 0.15) is 11.6 Å². The van der Waals surface area contributed by atoms with E-state index in [1.165, 1.54) is 12.1 Å². The molecule has 5 aromatic rings. The van der Waals surface area contributed by atoms with Gasteiger partial charge in [-0.2, -0.15) is 0 Å². The van der Waals surface area contributed by atoms with Crippen LogP contribution in [0.4, 0.5) is 15.9 Å². The highest BCUT2D eigenvalue weighted by Gasteiger charge is 2.29. The highest BCUT2D eigenvalue weighted by Crippen LogP contribution is 2.33. The maximum Gasteiger partial charge on any atom is 0.233 e. The fourth-order valence-corrected chi connectivity index (χ4v) is 8.19. The van der Waals surface area contributed by atoms with Crippen molar-refractivity contribution in [2.75, 3.05) is 22.3 Å². The fourth-order valence-electron chi connectivity index (χ4n) is 6.28. The number of rotatable bonds is 12. The van der Waals surface area contributed by atoms with E-state index in [4.69, 9.17) is 11.6 Å². The molecule has 1 fully saturated rings. The van der Waals surface area contributed by atoms with Gasteiger partial charge in [-0.15, -0.1) is 0 Å². The van der Waals surface area contributed by atoms with E-state index in [1.54, 1.807) is 30.7 Å². The summed E-state index contributed by atoms with van der Waals surface area (Å²) in [6.45, 7) is 5.08. The van der Waals surface area contributed by atoms with Crippen molar-refractivity contribution in [2.45, 2.75) is 58.2 Å². The third-order valence-corrected chi connectivity index (χ3v) is 10.6. The molecule has 0 unspecified atom stereocenters. The van der Waals surface area contributed by atoms with Crippen LogP contribution in [0.1, 0.15) is 45.1 Å². The second-order valence-corrected chi connectivity index (χ2v) is 15.3. The minimum absolute atomic E-state index is 0.0334. The Hall–Kier alpha value is -3.99. The van der Waals surface area contributed by atoms with Crippen LogP contribution in [0.15, 0.2) is 91.4 Å². The van der Waals surface area contributed by atoms with Crippen LogP contribution >= 0.6 is 11.6 Å². The van der Waals surface area contributed by atoms with Crippen LogP contribution in [0, 0.1) is 11.2 Å². The Morgan fingerprint density at radius 1 is 0.936 bits per heavy atom. The van der Waals surface area contributed by atoms with Crippen molar-refractivity contribution in [2.24, 2.45) is 5.41 Å². The first-order valence-electron chi connectivity index (χ1n) is 15.9. The summed E-state index contributed by atoms with van der Waals surface area (Å²) in [6.07, 6.45) is 7.36. The summed E-state index contributed by atoms with van der Waals surface area (Å²) in [4.78, 5) is 9.10. The van der Waals surface area contributed by atoms with Gasteiger partial charge in [0.15, 0.2) is 0 Å². The van der Waals surface area contributed by atoms with Crippen molar-refractivity contribution in [1.29, 1.82) is 0 Å². The summed E-state index contributed by atoms with van der Waals surface area (Å²) in [5.74, 6) is 0.544. The highest BCUT2D eigenvalue weighted by atomic mass is 35.5. The van der Waals surface area contributed by atoms with Crippen LogP contribution < -0.4 is 15.4 Å². The lowest BCUT2D eigenvalue weighted by atomic mass is 9.89. The van der Waals surface area contributed by atoms with Crippen LogP contribution in [0.3, 0.4) is 0 Å². The largest absolute Gasteiger partial charge is 0.367 e. The number of pyridine rings is 1. The molecule has 0 spiro atoms. The lowest BCUT2D eigenvalue weighted by Crippen LogP contribution is -2.43. The topological polar surface area (TPSA) is 101 Å². The summed E-state index contributed by atoms with van der Waals surface area (Å²) in [7, 11) is -3.47. The predicted molar refractivity (Wildman–Crippen MR) is 189 cm³/mol. The zero-order valence-electron chi connectivity index (χ0n) is 26.6. The van der Waals surface area contributed by atoms with E-state index in [1.807, 2.05) is 60.9 Å². The smallest absolute Gasteiger partial charge is 0.233 e. The number of aromatic nitrogens is 3. The Balaban J connectivity index is 1.04. The van der Waals surface area contributed by atoms with Gasteiger partial charge in [0.2, 0.25) is 10.0 Å². The van der Waals surface area contributed by atoms with Crippen molar-refractivity contribution in [3.8, 4) is 11.1 Å². The lowest BCUT2D eigenvalue weighted by molar-refractivity contribution is 0.300. The van der Waals surface area contributed by atoms with E-state index in [2.05, 4.69) is 31.4 Å². The predicted octanol–water partition coefficient (Wildman–Crippen LogP) is 7.72. The molecule has 8 nitrogen and oxygen atoms in total. The van der Waals surface area contributed by atoms with Crippen molar-refractivity contribution in [3.63, 3.8) is 0 Å². The van der Waals surface area contributed by atoms with E-state index >= 15 is 0 Å². The van der Waals surface area contributed by atoms with Crippen LogP contribution in [0.25, 0.3) is 22.2 Å². The van der Waals surface area contributed by atoms with Crippen molar-refractivity contribution in [1.82, 2.24) is 19.9 Å². The minimum atomic E-state index is -3.47. The van der Waals surface area contributed by atoms with Gasteiger partial charge >= 0.3 is 0 Å². The Morgan fingerprint density at radius 3 is 2.47 bits per heavy atom. The molecule has 0 amide bonds. The Morgan fingerprint density at radius 2 is 1.70 bits per heavy atom. The second-order valence-electron chi connectivity index (χ2n) is 13.2. The number of hydrogen-bond donors (Lipinski definition) is 3. The van der Waals surface area contributed by atoms with Crippen molar-refractivity contribution < 1.29 is 12.8 Å². The van der Waals surface area contributed by atoms with Gasteiger partial charge in [0, 0.05) is 42.6 Å². The number of halogens is 2. The van der Waals surface area contributed by atoms with Crippen molar-refractivity contribution in [3.05, 3.63) is 108 Å². The first-order valence-corrected chi connectivity index (χ1v) is 18.0. The van der Waals surface area contributed by atoms with Crippen LogP contribution in [-0.2, 0) is 16.6 Å². The molecule has 2 aromatic heterocycles. The molecule has 0 aliphatic heterocycles. The monoisotopic (exact) mass is 674 g/mol. The van der Waals surface area contributed by atoms with E-state index in [-0.39, 0.29) is 17.6 Å². The van der Waals surface area contributed by atoms with E-state index in [0.717, 1.165) is 59.2 Å². The number of nitrogens with zero attached hydrogens (tertiary/aromatic N) is 3. The maximum absolute atomic E-state index is 13.8. The molecule has 47 heavy (non-hydrogen) atoms. The molecular weight excluding hydrogens is 635 g/mol. The number of benzene rings is 3. The van der Waals surface area contributed by atoms with E-state index in [0.29, 0.717) is 29.8 Å². The van der Waals surface area contributed by atoms with E-state index < -0.39 is 15.4 Å². The molecule has 1 aliphatic rings. The molecule has 6 rings (SSSR count). The van der Waals surface area contributed by atoms with Gasteiger partial charge in [-0.1, -0.05) is 61.8 Å². The van der Waals surface area contributed by atoms with E-state index in [9.17, 15) is 12.8 Å². The molecule has 246 valence electrons. The van der Waals surface area contributed by atoms with Gasteiger partial charge in [-0.3, -0.25) is 4.72 Å². The first-order chi connectivity index (χ1) is 22.5. The Kier molecular flexibility index (Phi) is 9.82. The molecule has 1 aliphatic carbocycles. The summed E-state index contributed by atoms with van der Waals surface area (Å²) < 4.78 is 44.0. The summed E-state index contributed by atoms with van der Waals surface area (Å²) in [6, 6.07) is 24.2. The van der Waals surface area contributed by atoms with Crippen LogP contribution in [0.2, 0.25) is 5.02 Å². The molecule has 0 radical (unpaired) electrons. The molecule has 2 heterocycles. The number of sulfonamides is 1. The van der Waals surface area contributed by atoms with Gasteiger partial charge in [0.25, 0.3) is 0 Å². The second kappa shape index (κ2) is 14.0. The number of nitrogens with one attached hydrogen (secondary N) is 3. The first kappa shape index (κ1) is 32.9. The van der Waals surface area contributed by atoms with Crippen LogP contribution in [0.5, 0.6) is 0 Å². The highest BCUT2D eigenvalue weighted by molar-refractivity contribution is 7.92. The Labute approximate surface area is 280 Å². The van der Waals surface area contributed by atoms with Gasteiger partial charge in [-0.25, -0.2) is 22.8 Å². The van der Waals surface area contributed by atoms with Gasteiger partial charge in [-0.05, 0) is 84.7 Å². The molecule has 11 heteroatoms. The van der Waals surface area contributed by atoms with Crippen molar-refractivity contribution >= 4 is 44.2 Å². The molecule has 0 saturated heterocycles. The maximum atomic E-state index is 13.8. The normalized spacial score (nSPS) is 17.1. The number of fused-ring (bicyclic) bond motifs is 1. The fraction of sp³-hybridized carbons (Fsp3) is 0.333. The van der Waals surface area contributed by atoms with Gasteiger partial charge < -0.3 is 15.2 Å².